The molecular weight excluding hydrogens is 362 g/mol. The number of aryl methyl sites for hydroxylation is 2. The molecule has 1 aliphatic rings. The number of carbonyl (C=O) groups is 2. The van der Waals surface area contributed by atoms with Gasteiger partial charge in [0.1, 0.15) is 6.04 Å². The quantitative estimate of drug-likeness (QED) is 0.754. The number of likely N-dealkylation sites (tertiary alicyclic amines) is 1. The minimum absolute atomic E-state index is 0.159. The van der Waals surface area contributed by atoms with Gasteiger partial charge < -0.3 is 10.2 Å². The second-order valence-corrected chi connectivity index (χ2v) is 7.48. The van der Waals surface area contributed by atoms with Crippen LogP contribution in [0.15, 0.2) is 29.8 Å². The highest BCUT2D eigenvalue weighted by Crippen LogP contribution is 2.23. The van der Waals surface area contributed by atoms with E-state index in [-0.39, 0.29) is 11.8 Å². The Morgan fingerprint density at radius 1 is 1.19 bits per heavy atom. The van der Waals surface area contributed by atoms with Crippen molar-refractivity contribution in [1.82, 2.24) is 19.9 Å². The van der Waals surface area contributed by atoms with Crippen LogP contribution < -0.4 is 5.32 Å². The minimum atomic E-state index is -0.483. The summed E-state index contributed by atoms with van der Waals surface area (Å²) in [6.45, 7) is 4.37. The van der Waals surface area contributed by atoms with Crippen molar-refractivity contribution in [2.75, 3.05) is 11.9 Å². The smallest absolute Gasteiger partial charge is 0.254 e. The summed E-state index contributed by atoms with van der Waals surface area (Å²) < 4.78 is 0. The van der Waals surface area contributed by atoms with Crippen molar-refractivity contribution >= 4 is 39.3 Å². The van der Waals surface area contributed by atoms with E-state index in [4.69, 9.17) is 0 Å². The van der Waals surface area contributed by atoms with Crippen molar-refractivity contribution in [2.24, 2.45) is 0 Å². The van der Waals surface area contributed by atoms with Gasteiger partial charge in [-0.3, -0.25) is 9.59 Å². The summed E-state index contributed by atoms with van der Waals surface area (Å²) in [7, 11) is 0. The number of nitrogens with zero attached hydrogens (tertiary/aromatic N) is 4. The number of nitrogens with one attached hydrogen (secondary N) is 1. The maximum Gasteiger partial charge on any atom is 0.254 e. The Morgan fingerprint density at radius 3 is 2.70 bits per heavy atom. The third-order valence-electron chi connectivity index (χ3n) is 4.80. The number of fused-ring (bicyclic) bond motifs is 1. The molecule has 0 saturated carbocycles. The molecule has 1 atom stereocenters. The second kappa shape index (κ2) is 7.03. The minimum Gasteiger partial charge on any atom is -0.327 e. The molecule has 1 aliphatic heterocycles. The fourth-order valence-electron chi connectivity index (χ4n) is 3.29. The predicted octanol–water partition coefficient (Wildman–Crippen LogP) is 2.95. The van der Waals surface area contributed by atoms with Gasteiger partial charge in [-0.05, 0) is 44.9 Å². The van der Waals surface area contributed by atoms with Crippen LogP contribution in [0, 0.1) is 13.8 Å². The first kappa shape index (κ1) is 17.5. The molecule has 8 heteroatoms. The van der Waals surface area contributed by atoms with Gasteiger partial charge in [-0.15, -0.1) is 11.3 Å². The first-order chi connectivity index (χ1) is 13.0. The van der Waals surface area contributed by atoms with Gasteiger partial charge in [0.05, 0.1) is 22.4 Å². The Balaban J connectivity index is 1.58. The first-order valence-electron chi connectivity index (χ1n) is 8.79. The maximum absolute atomic E-state index is 13.0. The molecule has 1 aromatic carbocycles. The van der Waals surface area contributed by atoms with Crippen molar-refractivity contribution in [1.29, 1.82) is 0 Å². The molecule has 27 heavy (non-hydrogen) atoms. The number of anilines is 1. The molecule has 1 N–H and O–H groups in total. The molecular formula is C19H19N5O2S. The van der Waals surface area contributed by atoms with Crippen LogP contribution in [0.5, 0.6) is 0 Å². The number of hydrogen-bond donors (Lipinski definition) is 1. The molecule has 1 unspecified atom stereocenters. The predicted molar refractivity (Wildman–Crippen MR) is 104 cm³/mol. The second-order valence-electron chi connectivity index (χ2n) is 6.58. The van der Waals surface area contributed by atoms with Crippen molar-refractivity contribution < 1.29 is 9.59 Å². The zero-order valence-corrected chi connectivity index (χ0v) is 15.9. The Hall–Kier alpha value is -2.87. The third kappa shape index (κ3) is 3.40. The molecule has 0 radical (unpaired) electrons. The monoisotopic (exact) mass is 381 g/mol. The highest BCUT2D eigenvalue weighted by Gasteiger charge is 2.35. The normalized spacial score (nSPS) is 16.7. The summed E-state index contributed by atoms with van der Waals surface area (Å²) in [4.78, 5) is 40.4. The molecule has 1 saturated heterocycles. The summed E-state index contributed by atoms with van der Waals surface area (Å²) >= 11 is 1.36. The van der Waals surface area contributed by atoms with E-state index in [1.807, 2.05) is 19.9 Å². The van der Waals surface area contributed by atoms with Crippen molar-refractivity contribution in [3.05, 3.63) is 46.7 Å². The van der Waals surface area contributed by atoms with Crippen LogP contribution in [0.4, 0.5) is 5.13 Å². The van der Waals surface area contributed by atoms with Gasteiger partial charge >= 0.3 is 0 Å². The molecule has 1 fully saturated rings. The summed E-state index contributed by atoms with van der Waals surface area (Å²) in [5, 5.41) is 5.14. The van der Waals surface area contributed by atoms with Gasteiger partial charge in [0, 0.05) is 23.7 Å². The largest absolute Gasteiger partial charge is 0.327 e. The molecule has 3 heterocycles. The van der Waals surface area contributed by atoms with Crippen molar-refractivity contribution in [2.45, 2.75) is 32.7 Å². The van der Waals surface area contributed by atoms with Crippen LogP contribution in [0.1, 0.15) is 34.6 Å². The average Bonchev–Trinajstić information content (AvgIpc) is 3.33. The van der Waals surface area contributed by atoms with E-state index in [1.54, 1.807) is 28.6 Å². The molecule has 138 valence electrons. The van der Waals surface area contributed by atoms with Crippen molar-refractivity contribution in [3.63, 3.8) is 0 Å². The van der Waals surface area contributed by atoms with E-state index in [2.05, 4.69) is 20.3 Å². The Bertz CT molecular complexity index is 1020. The maximum atomic E-state index is 13.0. The number of amides is 2. The van der Waals surface area contributed by atoms with E-state index in [0.717, 1.165) is 23.3 Å². The van der Waals surface area contributed by atoms with E-state index < -0.39 is 6.04 Å². The molecule has 0 bridgehead atoms. The van der Waals surface area contributed by atoms with Gasteiger partial charge in [0.25, 0.3) is 5.91 Å². The highest BCUT2D eigenvalue weighted by atomic mass is 32.1. The molecule has 2 aromatic heterocycles. The van der Waals surface area contributed by atoms with Crippen LogP contribution in [0.25, 0.3) is 11.0 Å². The standard InChI is InChI=1S/C19H19N5O2S/c1-11-12(2)22-15-10-13(5-6-14(15)21-11)18(26)24-8-3-4-16(24)17(25)23-19-20-7-9-27-19/h5-7,9-10,16H,3-4,8H2,1-2H3,(H,20,23,25). The van der Waals surface area contributed by atoms with Gasteiger partial charge in [0.15, 0.2) is 5.13 Å². The number of thiazole rings is 1. The number of benzene rings is 1. The Kier molecular flexibility index (Phi) is 4.57. The number of aromatic nitrogens is 3. The van der Waals surface area contributed by atoms with Gasteiger partial charge in [-0.25, -0.2) is 15.0 Å². The lowest BCUT2D eigenvalue weighted by Gasteiger charge is -2.23. The molecule has 0 spiro atoms. The lowest BCUT2D eigenvalue weighted by Crippen LogP contribution is -2.43. The summed E-state index contributed by atoms with van der Waals surface area (Å²) in [6, 6.07) is 4.83. The zero-order chi connectivity index (χ0) is 19.0. The van der Waals surface area contributed by atoms with Crippen LogP contribution in [-0.4, -0.2) is 44.3 Å². The fourth-order valence-corrected chi connectivity index (χ4v) is 3.82. The van der Waals surface area contributed by atoms with Gasteiger partial charge in [-0.2, -0.15) is 0 Å². The molecule has 2 amide bonds. The fraction of sp³-hybridized carbons (Fsp3) is 0.316. The first-order valence-corrected chi connectivity index (χ1v) is 9.67. The topological polar surface area (TPSA) is 88.1 Å². The summed E-state index contributed by atoms with van der Waals surface area (Å²) in [5.41, 5.74) is 3.68. The van der Waals surface area contributed by atoms with Gasteiger partial charge in [0.2, 0.25) is 5.91 Å². The molecule has 4 rings (SSSR count). The Morgan fingerprint density at radius 2 is 1.96 bits per heavy atom. The van der Waals surface area contributed by atoms with Gasteiger partial charge in [-0.1, -0.05) is 0 Å². The number of rotatable bonds is 3. The number of carbonyl (C=O) groups excluding carboxylic acids is 2. The third-order valence-corrected chi connectivity index (χ3v) is 5.49. The van der Waals surface area contributed by atoms with Crippen molar-refractivity contribution in [3.8, 4) is 0 Å². The molecule has 3 aromatic rings. The Labute approximate surface area is 160 Å². The molecule has 7 nitrogen and oxygen atoms in total. The summed E-state index contributed by atoms with van der Waals surface area (Å²) in [5.74, 6) is -0.350. The van der Waals surface area contributed by atoms with E-state index in [0.29, 0.717) is 29.2 Å². The van der Waals surface area contributed by atoms with Crippen LogP contribution in [0.2, 0.25) is 0 Å². The highest BCUT2D eigenvalue weighted by molar-refractivity contribution is 7.13. The lowest BCUT2D eigenvalue weighted by atomic mass is 10.1. The molecule has 0 aliphatic carbocycles. The SMILES string of the molecule is Cc1nc2ccc(C(=O)N3CCCC3C(=O)Nc3nccs3)cc2nc1C. The van der Waals surface area contributed by atoms with E-state index in [9.17, 15) is 9.59 Å². The van der Waals surface area contributed by atoms with E-state index >= 15 is 0 Å². The van der Waals surface area contributed by atoms with Crippen LogP contribution in [0.3, 0.4) is 0 Å². The average molecular weight is 381 g/mol. The summed E-state index contributed by atoms with van der Waals surface area (Å²) in [6.07, 6.45) is 3.08. The van der Waals surface area contributed by atoms with E-state index in [1.165, 1.54) is 11.3 Å². The van der Waals surface area contributed by atoms with Crippen LogP contribution >= 0.6 is 11.3 Å². The number of hydrogen-bond acceptors (Lipinski definition) is 6. The zero-order valence-electron chi connectivity index (χ0n) is 15.1. The lowest BCUT2D eigenvalue weighted by molar-refractivity contribution is -0.119. The van der Waals surface area contributed by atoms with Crippen LogP contribution in [-0.2, 0) is 4.79 Å².